The minimum absolute atomic E-state index is 0.184. The summed E-state index contributed by atoms with van der Waals surface area (Å²) in [5, 5.41) is 9.69. The van der Waals surface area contributed by atoms with E-state index in [4.69, 9.17) is 18.9 Å². The number of hydrogen-bond acceptors (Lipinski definition) is 7. The molecule has 9 heteroatoms. The van der Waals surface area contributed by atoms with Crippen molar-refractivity contribution >= 4 is 17.9 Å². The molecule has 0 radical (unpaired) electrons. The lowest BCUT2D eigenvalue weighted by atomic mass is 10.0. The van der Waals surface area contributed by atoms with E-state index in [-0.39, 0.29) is 32.2 Å². The highest BCUT2D eigenvalue weighted by Crippen LogP contribution is 2.16. The minimum Gasteiger partial charge on any atom is -0.477 e. The molecule has 0 aliphatic rings. The maximum atomic E-state index is 12.9. The lowest BCUT2D eigenvalue weighted by Crippen LogP contribution is -2.40. The lowest BCUT2D eigenvalue weighted by Gasteiger charge is -2.25. The average Bonchev–Trinajstić information content (AvgIpc) is 3.31. The molecule has 0 aromatic carbocycles. The molecule has 0 spiro atoms. The van der Waals surface area contributed by atoms with Gasteiger partial charge in [-0.05, 0) is 64.2 Å². The van der Waals surface area contributed by atoms with Crippen LogP contribution in [0.25, 0.3) is 0 Å². The van der Waals surface area contributed by atoms with Crippen molar-refractivity contribution in [3.8, 4) is 0 Å². The first-order valence-electron chi connectivity index (χ1n) is 28.1. The van der Waals surface area contributed by atoms with Crippen LogP contribution in [0.1, 0.15) is 232 Å². The SMILES string of the molecule is CC/C=C\C/C=C\C/C=C\C/C=C\C/C=C\C/C=C\CCCCCCCCCCC(=O)OC(COC(=O)CCCCCCCCCCCCCCCCCCC)COC(OCC[N+](C)(C)C)C(=O)O. The van der Waals surface area contributed by atoms with Gasteiger partial charge in [0.15, 0.2) is 6.10 Å². The highest BCUT2D eigenvalue weighted by Gasteiger charge is 2.25. The van der Waals surface area contributed by atoms with Gasteiger partial charge in [0.2, 0.25) is 0 Å². The molecule has 2 unspecified atom stereocenters. The van der Waals surface area contributed by atoms with Crippen LogP contribution in [0.3, 0.4) is 0 Å². The van der Waals surface area contributed by atoms with Crippen LogP contribution in [-0.4, -0.2) is 87.4 Å². The number of carbonyl (C=O) groups is 3. The van der Waals surface area contributed by atoms with Gasteiger partial charge >= 0.3 is 17.9 Å². The van der Waals surface area contributed by atoms with Crippen LogP contribution in [-0.2, 0) is 33.3 Å². The van der Waals surface area contributed by atoms with Gasteiger partial charge in [0, 0.05) is 12.8 Å². The molecule has 0 saturated heterocycles. The molecule has 0 aromatic rings. The highest BCUT2D eigenvalue weighted by atomic mass is 16.7. The van der Waals surface area contributed by atoms with Crippen LogP contribution in [0.15, 0.2) is 72.9 Å². The smallest absolute Gasteiger partial charge is 0.361 e. The maximum absolute atomic E-state index is 12.9. The summed E-state index contributed by atoms with van der Waals surface area (Å²) in [6.45, 7) is 4.77. The molecular formula is C60H106NO8+. The molecule has 9 nitrogen and oxygen atoms in total. The van der Waals surface area contributed by atoms with Gasteiger partial charge in [0.05, 0.1) is 34.4 Å². The van der Waals surface area contributed by atoms with Crippen molar-refractivity contribution in [2.75, 3.05) is 47.5 Å². The van der Waals surface area contributed by atoms with Crippen LogP contribution < -0.4 is 0 Å². The van der Waals surface area contributed by atoms with Crippen LogP contribution in [0.5, 0.6) is 0 Å². The molecule has 0 heterocycles. The molecule has 0 aliphatic carbocycles. The summed E-state index contributed by atoms with van der Waals surface area (Å²) in [4.78, 5) is 37.4. The molecule has 2 atom stereocenters. The van der Waals surface area contributed by atoms with E-state index in [2.05, 4.69) is 86.8 Å². The average molecular weight is 970 g/mol. The quantitative estimate of drug-likeness (QED) is 0.0211. The number of likely N-dealkylation sites (N-methyl/N-ethyl adjacent to an activating group) is 1. The van der Waals surface area contributed by atoms with E-state index in [1.54, 1.807) is 0 Å². The summed E-state index contributed by atoms with van der Waals surface area (Å²) in [6.07, 6.45) is 62.5. The minimum atomic E-state index is -1.51. The second kappa shape index (κ2) is 51.1. The van der Waals surface area contributed by atoms with E-state index in [1.807, 2.05) is 21.1 Å². The molecule has 398 valence electrons. The molecule has 0 fully saturated rings. The number of carbonyl (C=O) groups excluding carboxylic acids is 2. The molecule has 0 bridgehead atoms. The number of carboxylic acids is 1. The number of ether oxygens (including phenoxy) is 4. The monoisotopic (exact) mass is 969 g/mol. The third kappa shape index (κ3) is 52.4. The second-order valence-electron chi connectivity index (χ2n) is 19.9. The number of allylic oxidation sites excluding steroid dienone is 12. The Kier molecular flexibility index (Phi) is 48.7. The Bertz CT molecular complexity index is 1360. The van der Waals surface area contributed by atoms with Gasteiger partial charge in [0.25, 0.3) is 6.29 Å². The van der Waals surface area contributed by atoms with Crippen molar-refractivity contribution < 1.29 is 42.9 Å². The number of hydrogen-bond donors (Lipinski definition) is 1. The van der Waals surface area contributed by atoms with Crippen molar-refractivity contribution in [2.45, 2.75) is 245 Å². The van der Waals surface area contributed by atoms with Gasteiger partial charge in [-0.15, -0.1) is 0 Å². The Morgan fingerprint density at radius 2 is 0.826 bits per heavy atom. The molecule has 0 saturated carbocycles. The summed E-state index contributed by atoms with van der Waals surface area (Å²) in [5.74, 6) is -2.01. The van der Waals surface area contributed by atoms with Gasteiger partial charge in [-0.25, -0.2) is 4.79 Å². The van der Waals surface area contributed by atoms with Crippen molar-refractivity contribution in [2.24, 2.45) is 0 Å². The number of aliphatic carboxylic acids is 1. The number of esters is 2. The predicted octanol–water partition coefficient (Wildman–Crippen LogP) is 16.2. The fraction of sp³-hybridized carbons (Fsp3) is 0.750. The number of rotatable bonds is 51. The van der Waals surface area contributed by atoms with E-state index >= 15 is 0 Å². The zero-order valence-electron chi connectivity index (χ0n) is 45.2. The van der Waals surface area contributed by atoms with Crippen molar-refractivity contribution in [1.82, 2.24) is 0 Å². The third-order valence-corrected chi connectivity index (χ3v) is 12.0. The van der Waals surface area contributed by atoms with Crippen LogP contribution in [0.4, 0.5) is 0 Å². The Hall–Kier alpha value is -3.27. The van der Waals surface area contributed by atoms with Gasteiger partial charge in [-0.1, -0.05) is 228 Å². The fourth-order valence-electron chi connectivity index (χ4n) is 7.66. The standard InChI is InChI=1S/C60H105NO8/c1-6-8-10-12-14-16-18-20-22-24-25-26-27-28-29-30-31-32-33-35-37-39-41-43-45-47-49-51-58(63)69-56(55-68-60(59(64)65)66-53-52-61(3,4)5)54-67-57(62)50-48-46-44-42-40-38-36-34-23-21-19-17-15-13-11-9-7-2/h8,10,14,16,20,22,25-26,28-29,31-32,56,60H,6-7,9,11-13,15,17-19,21,23-24,27,30,33-55H2,1-5H3/p+1/b10-8-,16-14-,22-20-,26-25-,29-28-,32-31-. The number of nitrogens with zero attached hydrogens (tertiary/aromatic N) is 1. The van der Waals surface area contributed by atoms with Crippen LogP contribution in [0, 0.1) is 0 Å². The molecule has 1 N–H and O–H groups in total. The van der Waals surface area contributed by atoms with Crippen molar-refractivity contribution in [1.29, 1.82) is 0 Å². The number of unbranched alkanes of at least 4 members (excludes halogenated alkanes) is 24. The first-order chi connectivity index (χ1) is 33.6. The predicted molar refractivity (Wildman–Crippen MR) is 290 cm³/mol. The maximum Gasteiger partial charge on any atom is 0.361 e. The van der Waals surface area contributed by atoms with Gasteiger partial charge in [-0.2, -0.15) is 0 Å². The van der Waals surface area contributed by atoms with Crippen LogP contribution >= 0.6 is 0 Å². The summed E-state index contributed by atoms with van der Waals surface area (Å²) < 4.78 is 22.9. The van der Waals surface area contributed by atoms with E-state index in [0.29, 0.717) is 23.9 Å². The zero-order chi connectivity index (χ0) is 50.6. The summed E-state index contributed by atoms with van der Waals surface area (Å²) in [5.41, 5.74) is 0. The summed E-state index contributed by atoms with van der Waals surface area (Å²) in [7, 11) is 5.96. The van der Waals surface area contributed by atoms with E-state index < -0.39 is 24.3 Å². The first-order valence-corrected chi connectivity index (χ1v) is 28.1. The van der Waals surface area contributed by atoms with E-state index in [0.717, 1.165) is 83.5 Å². The number of quaternary nitrogens is 1. The van der Waals surface area contributed by atoms with E-state index in [1.165, 1.54) is 116 Å². The molecule has 0 aliphatic heterocycles. The van der Waals surface area contributed by atoms with Gasteiger partial charge < -0.3 is 28.5 Å². The summed E-state index contributed by atoms with van der Waals surface area (Å²) in [6, 6.07) is 0. The van der Waals surface area contributed by atoms with E-state index in [9.17, 15) is 19.5 Å². The fourth-order valence-corrected chi connectivity index (χ4v) is 7.66. The van der Waals surface area contributed by atoms with Gasteiger partial charge in [-0.3, -0.25) is 9.59 Å². The Morgan fingerprint density at radius 1 is 0.449 bits per heavy atom. The molecule has 69 heavy (non-hydrogen) atoms. The Balaban J connectivity index is 4.29. The molecule has 0 amide bonds. The van der Waals surface area contributed by atoms with Gasteiger partial charge in [0.1, 0.15) is 13.2 Å². The number of carboxylic acid groups (broad SMARTS) is 1. The summed E-state index contributed by atoms with van der Waals surface area (Å²) >= 11 is 0. The van der Waals surface area contributed by atoms with Crippen LogP contribution in [0.2, 0.25) is 0 Å². The first kappa shape index (κ1) is 65.7. The lowest BCUT2D eigenvalue weighted by molar-refractivity contribution is -0.870. The highest BCUT2D eigenvalue weighted by molar-refractivity contribution is 5.71. The molecule has 0 rings (SSSR count). The third-order valence-electron chi connectivity index (χ3n) is 12.0. The van der Waals surface area contributed by atoms with Crippen molar-refractivity contribution in [3.63, 3.8) is 0 Å². The zero-order valence-corrected chi connectivity index (χ0v) is 45.2. The van der Waals surface area contributed by atoms with Crippen molar-refractivity contribution in [3.05, 3.63) is 72.9 Å². The normalized spacial score (nSPS) is 13.3. The Morgan fingerprint density at radius 3 is 1.23 bits per heavy atom. The Labute approximate surface area is 424 Å². The molecular weight excluding hydrogens is 863 g/mol. The second-order valence-corrected chi connectivity index (χ2v) is 19.9. The largest absolute Gasteiger partial charge is 0.477 e. The molecule has 0 aromatic heterocycles. The topological polar surface area (TPSA) is 108 Å².